The van der Waals surface area contributed by atoms with Crippen molar-refractivity contribution in [2.75, 3.05) is 33.3 Å². The average Bonchev–Trinajstić information content (AvgIpc) is 3.39. The normalized spacial score (nSPS) is 16.2. The summed E-state index contributed by atoms with van der Waals surface area (Å²) in [6.45, 7) is 6.95. The number of methoxy groups -OCH3 is 1. The lowest BCUT2D eigenvalue weighted by Gasteiger charge is -2.28. The molecule has 1 aliphatic heterocycles. The van der Waals surface area contributed by atoms with Gasteiger partial charge in [0.05, 0.1) is 39.3 Å². The molecule has 8 heteroatoms. The molecule has 1 N–H and O–H groups in total. The van der Waals surface area contributed by atoms with Gasteiger partial charge in [-0.1, -0.05) is 35.9 Å². The van der Waals surface area contributed by atoms with Crippen molar-refractivity contribution >= 4 is 34.3 Å². The lowest BCUT2D eigenvalue weighted by Crippen LogP contribution is -3.12. The fraction of sp³-hybridized carbons (Fsp3) is 0.308. The van der Waals surface area contributed by atoms with E-state index in [9.17, 15) is 14.7 Å². The molecular formula is C26H27ClN2O5. The molecule has 1 aliphatic rings. The number of fused-ring (bicyclic) bond motifs is 1. The maximum atomic E-state index is 13.6. The number of Topliss-reactive ketones (excluding diaryl/α,β-unsaturated/α-hetero) is 1. The van der Waals surface area contributed by atoms with Crippen LogP contribution in [0, 0.1) is 0 Å². The van der Waals surface area contributed by atoms with E-state index in [1.165, 1.54) is 16.9 Å². The molecule has 0 aliphatic carbocycles. The number of nitrogens with zero attached hydrogens (tertiary/aromatic N) is 1. The smallest absolute Gasteiger partial charge is 0.240 e. The van der Waals surface area contributed by atoms with Crippen LogP contribution in [0.4, 0.5) is 0 Å². The number of hydrogen-bond acceptors (Lipinski definition) is 5. The van der Waals surface area contributed by atoms with Gasteiger partial charge in [-0.05, 0) is 49.4 Å². The number of rotatable bonds is 9. The van der Waals surface area contributed by atoms with Gasteiger partial charge in [0, 0.05) is 16.0 Å². The molecule has 1 atom stereocenters. The van der Waals surface area contributed by atoms with Crippen molar-refractivity contribution in [3.8, 4) is 5.75 Å². The van der Waals surface area contributed by atoms with Gasteiger partial charge in [0.25, 0.3) is 0 Å². The summed E-state index contributed by atoms with van der Waals surface area (Å²) in [5.41, 5.74) is 0.950. The molecule has 7 nitrogen and oxygen atoms in total. The maximum Gasteiger partial charge on any atom is 0.240 e. The number of nitrogens with one attached hydrogen (secondary N) is 1. The number of benzene rings is 2. The monoisotopic (exact) mass is 482 g/mol. The third kappa shape index (κ3) is 4.29. The summed E-state index contributed by atoms with van der Waals surface area (Å²) in [7, 11) is 1.51. The minimum atomic E-state index is -0.810. The zero-order chi connectivity index (χ0) is 24.4. The maximum absolute atomic E-state index is 13.6. The highest BCUT2D eigenvalue weighted by molar-refractivity contribution is 6.30. The number of furan rings is 1. The Morgan fingerprint density at radius 2 is 1.88 bits per heavy atom. The quantitative estimate of drug-likeness (QED) is 0.473. The number of ether oxygens (including phenoxy) is 1. The van der Waals surface area contributed by atoms with E-state index < -0.39 is 23.5 Å². The zero-order valence-electron chi connectivity index (χ0n) is 19.4. The zero-order valence-corrected chi connectivity index (χ0v) is 20.1. The van der Waals surface area contributed by atoms with E-state index in [0.717, 1.165) is 13.1 Å². The minimum Gasteiger partial charge on any atom is -0.868 e. The molecule has 2 heterocycles. The largest absolute Gasteiger partial charge is 0.868 e. The lowest BCUT2D eigenvalue weighted by atomic mass is 9.95. The predicted octanol–water partition coefficient (Wildman–Crippen LogP) is 2.40. The third-order valence-electron chi connectivity index (χ3n) is 6.37. The first kappa shape index (κ1) is 23.9. The molecule has 34 heavy (non-hydrogen) atoms. The summed E-state index contributed by atoms with van der Waals surface area (Å²) in [5.74, 6) is -1.61. The van der Waals surface area contributed by atoms with Crippen molar-refractivity contribution in [3.05, 3.63) is 76.2 Å². The molecule has 0 saturated heterocycles. The number of hydrogen-bond donors (Lipinski definition) is 1. The van der Waals surface area contributed by atoms with Crippen LogP contribution < -0.4 is 14.7 Å². The molecular weight excluding hydrogens is 456 g/mol. The number of carbonyl (C=O) groups is 2. The first-order valence-electron chi connectivity index (χ1n) is 11.3. The summed E-state index contributed by atoms with van der Waals surface area (Å²) in [6.07, 6.45) is 0. The number of likely N-dealkylation sites (N-methyl/N-ethyl adjacent to an activating group) is 1. The molecule has 1 amide bonds. The summed E-state index contributed by atoms with van der Waals surface area (Å²) >= 11 is 6.07. The molecule has 1 unspecified atom stereocenters. The van der Waals surface area contributed by atoms with Crippen LogP contribution in [-0.2, 0) is 4.79 Å². The summed E-state index contributed by atoms with van der Waals surface area (Å²) in [6, 6.07) is 12.9. The number of ketones is 1. The summed E-state index contributed by atoms with van der Waals surface area (Å²) in [5, 5.41) is 14.4. The Kier molecular flexibility index (Phi) is 6.95. The van der Waals surface area contributed by atoms with E-state index in [1.807, 2.05) is 0 Å². The number of amides is 1. The SMILES string of the molecule is CC[NH+](CC)CCN1C(=O)C([O-])=C(C(=O)c2cc3cccc(OC)c3o2)C1c1ccc(Cl)cc1. The lowest BCUT2D eigenvalue weighted by molar-refractivity contribution is -0.895. The molecule has 0 bridgehead atoms. The van der Waals surface area contributed by atoms with Crippen LogP contribution in [0.2, 0.25) is 5.02 Å². The van der Waals surface area contributed by atoms with Gasteiger partial charge in [0.2, 0.25) is 11.7 Å². The van der Waals surface area contributed by atoms with Crippen molar-refractivity contribution in [2.24, 2.45) is 0 Å². The first-order chi connectivity index (χ1) is 16.4. The van der Waals surface area contributed by atoms with Gasteiger partial charge in [-0.15, -0.1) is 0 Å². The van der Waals surface area contributed by atoms with E-state index in [0.29, 0.717) is 40.4 Å². The van der Waals surface area contributed by atoms with Gasteiger partial charge < -0.3 is 24.1 Å². The molecule has 3 aromatic rings. The van der Waals surface area contributed by atoms with Crippen LogP contribution in [0.5, 0.6) is 5.75 Å². The van der Waals surface area contributed by atoms with Gasteiger partial charge in [-0.2, -0.15) is 0 Å². The average molecular weight is 483 g/mol. The molecule has 0 spiro atoms. The Morgan fingerprint density at radius 1 is 1.18 bits per heavy atom. The van der Waals surface area contributed by atoms with Crippen LogP contribution in [0.25, 0.3) is 11.0 Å². The highest BCUT2D eigenvalue weighted by atomic mass is 35.5. The molecule has 1 aromatic heterocycles. The fourth-order valence-electron chi connectivity index (χ4n) is 4.42. The molecule has 2 aromatic carbocycles. The van der Waals surface area contributed by atoms with E-state index >= 15 is 0 Å². The molecule has 0 radical (unpaired) electrons. The molecule has 4 rings (SSSR count). The standard InChI is InChI=1S/C26H27ClN2O5/c1-4-28(5-2)13-14-29-22(16-9-11-18(27)12-10-16)21(24(31)26(29)32)23(30)20-15-17-7-6-8-19(33-3)25(17)34-20/h6-12,15,22,31H,4-5,13-14H2,1-3H3. The topological polar surface area (TPSA) is 87.2 Å². The Labute approximate surface area is 203 Å². The fourth-order valence-corrected chi connectivity index (χ4v) is 4.54. The van der Waals surface area contributed by atoms with Crippen LogP contribution in [0.3, 0.4) is 0 Å². The van der Waals surface area contributed by atoms with E-state index in [4.69, 9.17) is 20.8 Å². The molecule has 0 fully saturated rings. The van der Waals surface area contributed by atoms with Crippen molar-refractivity contribution < 1.29 is 28.7 Å². The van der Waals surface area contributed by atoms with E-state index in [1.54, 1.807) is 48.5 Å². The summed E-state index contributed by atoms with van der Waals surface area (Å²) in [4.78, 5) is 29.5. The highest BCUT2D eigenvalue weighted by Gasteiger charge is 2.40. The second-order valence-electron chi connectivity index (χ2n) is 8.22. The predicted molar refractivity (Wildman–Crippen MR) is 127 cm³/mol. The van der Waals surface area contributed by atoms with Gasteiger partial charge in [0.1, 0.15) is 0 Å². The van der Waals surface area contributed by atoms with E-state index in [2.05, 4.69) is 13.8 Å². The second kappa shape index (κ2) is 9.91. The van der Waals surface area contributed by atoms with Crippen LogP contribution >= 0.6 is 11.6 Å². The minimum absolute atomic E-state index is 0.00849. The first-order valence-corrected chi connectivity index (χ1v) is 11.7. The number of halogens is 1. The summed E-state index contributed by atoms with van der Waals surface area (Å²) < 4.78 is 11.1. The van der Waals surface area contributed by atoms with Crippen molar-refractivity contribution in [3.63, 3.8) is 0 Å². The Morgan fingerprint density at radius 3 is 2.53 bits per heavy atom. The van der Waals surface area contributed by atoms with Gasteiger partial charge in [-0.3, -0.25) is 9.59 Å². The molecule has 178 valence electrons. The van der Waals surface area contributed by atoms with Crippen LogP contribution in [0.15, 0.2) is 64.3 Å². The molecule has 0 saturated carbocycles. The number of para-hydroxylation sites is 1. The Hall–Kier alpha value is -3.29. The Balaban J connectivity index is 1.76. The number of carbonyl (C=O) groups excluding carboxylic acids is 2. The van der Waals surface area contributed by atoms with Gasteiger partial charge in [0.15, 0.2) is 17.1 Å². The van der Waals surface area contributed by atoms with Crippen molar-refractivity contribution in [1.29, 1.82) is 0 Å². The van der Waals surface area contributed by atoms with Crippen molar-refractivity contribution in [2.45, 2.75) is 19.9 Å². The third-order valence-corrected chi connectivity index (χ3v) is 6.63. The van der Waals surface area contributed by atoms with E-state index in [-0.39, 0.29) is 11.3 Å². The van der Waals surface area contributed by atoms with Crippen LogP contribution in [-0.4, -0.2) is 49.9 Å². The van der Waals surface area contributed by atoms with Gasteiger partial charge in [-0.25, -0.2) is 0 Å². The highest BCUT2D eigenvalue weighted by Crippen LogP contribution is 2.39. The van der Waals surface area contributed by atoms with Gasteiger partial charge >= 0.3 is 0 Å². The van der Waals surface area contributed by atoms with Crippen molar-refractivity contribution in [1.82, 2.24) is 4.90 Å². The number of quaternary nitrogens is 1. The van der Waals surface area contributed by atoms with Crippen LogP contribution in [0.1, 0.15) is 36.0 Å². The Bertz CT molecular complexity index is 1240. The second-order valence-corrected chi connectivity index (χ2v) is 8.66.